The maximum absolute atomic E-state index is 12.7. The van der Waals surface area contributed by atoms with Gasteiger partial charge in [-0.2, -0.15) is 0 Å². The monoisotopic (exact) mass is 380 g/mol. The molecule has 1 N–H and O–H groups in total. The molecule has 2 aromatic carbocycles. The van der Waals surface area contributed by atoms with Crippen LogP contribution >= 0.6 is 0 Å². The second kappa shape index (κ2) is 8.34. The van der Waals surface area contributed by atoms with Gasteiger partial charge in [0.1, 0.15) is 11.4 Å². The molecule has 3 rings (SSSR count). The van der Waals surface area contributed by atoms with Crippen LogP contribution in [-0.2, 0) is 4.74 Å². The van der Waals surface area contributed by atoms with E-state index in [4.69, 9.17) is 9.47 Å². The molecule has 0 fully saturated rings. The lowest BCUT2D eigenvalue weighted by Crippen LogP contribution is -2.15. The molecule has 8 nitrogen and oxygen atoms in total. The summed E-state index contributed by atoms with van der Waals surface area (Å²) in [4.78, 5) is 24.3. The average molecular weight is 380 g/mol. The number of benzene rings is 2. The van der Waals surface area contributed by atoms with Crippen LogP contribution in [0.15, 0.2) is 48.5 Å². The number of rotatable bonds is 6. The lowest BCUT2D eigenvalue weighted by molar-refractivity contribution is 0.0600. The Balaban J connectivity index is 1.86. The van der Waals surface area contributed by atoms with Gasteiger partial charge in [-0.05, 0) is 44.2 Å². The first kappa shape index (κ1) is 19.1. The SMILES string of the molecule is CCOc1ccccc1-n1nnc(C(=O)Nc2cccc(C(=O)OC)c2)c1C. The quantitative estimate of drug-likeness (QED) is 0.661. The van der Waals surface area contributed by atoms with Gasteiger partial charge in [0.15, 0.2) is 5.69 Å². The Hall–Kier alpha value is -3.68. The third-order valence-electron chi connectivity index (χ3n) is 4.04. The number of para-hydroxylation sites is 2. The summed E-state index contributed by atoms with van der Waals surface area (Å²) in [5.41, 5.74) is 2.23. The Morgan fingerprint density at radius 2 is 1.93 bits per heavy atom. The minimum atomic E-state index is -0.481. The number of amides is 1. The van der Waals surface area contributed by atoms with Gasteiger partial charge >= 0.3 is 5.97 Å². The van der Waals surface area contributed by atoms with Crippen molar-refractivity contribution in [1.82, 2.24) is 15.0 Å². The van der Waals surface area contributed by atoms with Crippen molar-refractivity contribution in [2.24, 2.45) is 0 Å². The summed E-state index contributed by atoms with van der Waals surface area (Å²) in [7, 11) is 1.30. The number of ether oxygens (including phenoxy) is 2. The van der Waals surface area contributed by atoms with Crippen molar-refractivity contribution < 1.29 is 19.1 Å². The van der Waals surface area contributed by atoms with Crippen molar-refractivity contribution in [3.8, 4) is 11.4 Å². The second-order valence-electron chi connectivity index (χ2n) is 5.86. The van der Waals surface area contributed by atoms with E-state index in [2.05, 4.69) is 15.6 Å². The predicted octanol–water partition coefficient (Wildman–Crippen LogP) is 3.01. The highest BCUT2D eigenvalue weighted by molar-refractivity contribution is 6.04. The second-order valence-corrected chi connectivity index (χ2v) is 5.86. The normalized spacial score (nSPS) is 10.4. The van der Waals surface area contributed by atoms with Crippen molar-refractivity contribution >= 4 is 17.6 Å². The van der Waals surface area contributed by atoms with E-state index in [9.17, 15) is 9.59 Å². The molecular formula is C20H20N4O4. The summed E-state index contributed by atoms with van der Waals surface area (Å²) >= 11 is 0. The smallest absolute Gasteiger partial charge is 0.337 e. The topological polar surface area (TPSA) is 95.3 Å². The summed E-state index contributed by atoms with van der Waals surface area (Å²) in [6.45, 7) is 4.16. The van der Waals surface area contributed by atoms with Crippen LogP contribution in [0.4, 0.5) is 5.69 Å². The molecule has 0 atom stereocenters. The molecule has 28 heavy (non-hydrogen) atoms. The van der Waals surface area contributed by atoms with Gasteiger partial charge in [0.25, 0.3) is 5.91 Å². The number of nitrogens with zero attached hydrogens (tertiary/aromatic N) is 3. The number of anilines is 1. The van der Waals surface area contributed by atoms with Gasteiger partial charge in [0.05, 0.1) is 25.0 Å². The van der Waals surface area contributed by atoms with Gasteiger partial charge in [-0.25, -0.2) is 9.48 Å². The molecule has 144 valence electrons. The molecule has 1 amide bonds. The first-order valence-corrected chi connectivity index (χ1v) is 8.69. The van der Waals surface area contributed by atoms with Crippen LogP contribution in [0.2, 0.25) is 0 Å². The van der Waals surface area contributed by atoms with Crippen molar-refractivity contribution in [2.75, 3.05) is 19.0 Å². The molecule has 3 aromatic rings. The fraction of sp³-hybridized carbons (Fsp3) is 0.200. The van der Waals surface area contributed by atoms with Gasteiger partial charge in [0.2, 0.25) is 0 Å². The Labute approximate surface area is 162 Å². The Kier molecular flexibility index (Phi) is 5.69. The minimum Gasteiger partial charge on any atom is -0.492 e. The molecule has 0 saturated heterocycles. The number of esters is 1. The van der Waals surface area contributed by atoms with E-state index >= 15 is 0 Å². The molecule has 1 heterocycles. The van der Waals surface area contributed by atoms with Crippen molar-refractivity contribution in [3.63, 3.8) is 0 Å². The van der Waals surface area contributed by atoms with Crippen LogP contribution in [-0.4, -0.2) is 40.6 Å². The molecule has 8 heteroatoms. The van der Waals surface area contributed by atoms with Gasteiger partial charge in [0, 0.05) is 5.69 Å². The molecule has 0 aliphatic rings. The largest absolute Gasteiger partial charge is 0.492 e. The van der Waals surface area contributed by atoms with Crippen LogP contribution in [0.3, 0.4) is 0 Å². The molecule has 0 aliphatic carbocycles. The molecule has 0 aliphatic heterocycles. The van der Waals surface area contributed by atoms with E-state index < -0.39 is 11.9 Å². The maximum atomic E-state index is 12.7. The zero-order valence-corrected chi connectivity index (χ0v) is 15.8. The highest BCUT2D eigenvalue weighted by Crippen LogP contribution is 2.24. The Morgan fingerprint density at radius 1 is 1.14 bits per heavy atom. The highest BCUT2D eigenvalue weighted by Gasteiger charge is 2.19. The minimum absolute atomic E-state index is 0.176. The molecule has 0 bridgehead atoms. The molecule has 1 aromatic heterocycles. The van der Waals surface area contributed by atoms with Crippen molar-refractivity contribution in [3.05, 3.63) is 65.5 Å². The summed E-state index contributed by atoms with van der Waals surface area (Å²) in [6.07, 6.45) is 0. The van der Waals surface area contributed by atoms with E-state index in [0.29, 0.717) is 35.0 Å². The standard InChI is InChI=1S/C20H20N4O4/c1-4-28-17-11-6-5-10-16(17)24-13(2)18(22-23-24)19(25)21-15-9-7-8-14(12-15)20(26)27-3/h5-12H,4H2,1-3H3,(H,21,25). The summed E-state index contributed by atoms with van der Waals surface area (Å²) < 4.78 is 11.9. The first-order chi connectivity index (χ1) is 13.5. The lowest BCUT2D eigenvalue weighted by atomic mass is 10.2. The zero-order chi connectivity index (χ0) is 20.1. The van der Waals surface area contributed by atoms with Crippen LogP contribution in [0.1, 0.15) is 33.5 Å². The Bertz CT molecular complexity index is 1010. The van der Waals surface area contributed by atoms with Gasteiger partial charge < -0.3 is 14.8 Å². The van der Waals surface area contributed by atoms with Crippen LogP contribution < -0.4 is 10.1 Å². The summed E-state index contributed by atoms with van der Waals surface area (Å²) in [5.74, 6) is -0.263. The van der Waals surface area contributed by atoms with Crippen LogP contribution in [0.5, 0.6) is 5.75 Å². The number of methoxy groups -OCH3 is 1. The maximum Gasteiger partial charge on any atom is 0.337 e. The van der Waals surface area contributed by atoms with E-state index in [1.165, 1.54) is 13.2 Å². The van der Waals surface area contributed by atoms with E-state index in [0.717, 1.165) is 0 Å². The van der Waals surface area contributed by atoms with E-state index in [1.54, 1.807) is 29.8 Å². The summed E-state index contributed by atoms with van der Waals surface area (Å²) in [5, 5.41) is 10.8. The number of hydrogen-bond acceptors (Lipinski definition) is 6. The third-order valence-corrected chi connectivity index (χ3v) is 4.04. The summed E-state index contributed by atoms with van der Waals surface area (Å²) in [6, 6.07) is 13.9. The van der Waals surface area contributed by atoms with Gasteiger partial charge in [-0.15, -0.1) is 5.10 Å². The number of carbonyl (C=O) groups is 2. The van der Waals surface area contributed by atoms with Crippen LogP contribution in [0.25, 0.3) is 5.69 Å². The van der Waals surface area contributed by atoms with Gasteiger partial charge in [-0.3, -0.25) is 4.79 Å². The van der Waals surface area contributed by atoms with Crippen LogP contribution in [0, 0.1) is 6.92 Å². The fourth-order valence-electron chi connectivity index (χ4n) is 2.71. The van der Waals surface area contributed by atoms with Gasteiger partial charge in [-0.1, -0.05) is 23.4 Å². The average Bonchev–Trinajstić information content (AvgIpc) is 3.09. The van der Waals surface area contributed by atoms with E-state index in [1.807, 2.05) is 31.2 Å². The first-order valence-electron chi connectivity index (χ1n) is 8.69. The van der Waals surface area contributed by atoms with E-state index in [-0.39, 0.29) is 5.69 Å². The number of nitrogens with one attached hydrogen (secondary N) is 1. The van der Waals surface area contributed by atoms with Crippen molar-refractivity contribution in [2.45, 2.75) is 13.8 Å². The molecule has 0 unspecified atom stereocenters. The number of hydrogen-bond donors (Lipinski definition) is 1. The predicted molar refractivity (Wildman–Crippen MR) is 103 cm³/mol. The number of carbonyl (C=O) groups excluding carboxylic acids is 2. The Morgan fingerprint density at radius 3 is 2.68 bits per heavy atom. The fourth-order valence-corrected chi connectivity index (χ4v) is 2.71. The zero-order valence-electron chi connectivity index (χ0n) is 15.8. The number of aromatic nitrogens is 3. The molecular weight excluding hydrogens is 360 g/mol. The lowest BCUT2D eigenvalue weighted by Gasteiger charge is -2.10. The van der Waals surface area contributed by atoms with Crippen molar-refractivity contribution in [1.29, 1.82) is 0 Å². The molecule has 0 spiro atoms. The highest BCUT2D eigenvalue weighted by atomic mass is 16.5. The molecule has 0 saturated carbocycles. The molecule has 0 radical (unpaired) electrons. The third kappa shape index (κ3) is 3.85.